The molecule has 0 unspecified atom stereocenters. The average Bonchev–Trinajstić information content (AvgIpc) is 3.56. The molecule has 0 atom stereocenters. The van der Waals surface area contributed by atoms with Gasteiger partial charge in [-0.3, -0.25) is 0 Å². The van der Waals surface area contributed by atoms with Gasteiger partial charge in [-0.2, -0.15) is 0 Å². The lowest BCUT2D eigenvalue weighted by Crippen LogP contribution is -1.78. The molecule has 4 heterocycles. The molecule has 0 radical (unpaired) electrons. The van der Waals surface area contributed by atoms with Gasteiger partial charge in [-0.25, -0.2) is 0 Å². The minimum absolute atomic E-state index is 1.32. The van der Waals surface area contributed by atoms with E-state index >= 15 is 0 Å². The lowest BCUT2D eigenvalue weighted by molar-refractivity contribution is 1.56. The average molecular weight is 483 g/mol. The third-order valence-corrected chi connectivity index (χ3v) is 10.7. The van der Waals surface area contributed by atoms with E-state index in [9.17, 15) is 0 Å². The van der Waals surface area contributed by atoms with Crippen molar-refractivity contribution in [1.29, 1.82) is 0 Å². The fraction of sp³-hybridized carbons (Fsp3) is 0.0714. The van der Waals surface area contributed by atoms with Crippen molar-refractivity contribution in [2.75, 3.05) is 0 Å². The third-order valence-electron chi connectivity index (χ3n) is 6.06. The van der Waals surface area contributed by atoms with Crippen molar-refractivity contribution in [3.63, 3.8) is 0 Å². The first kappa shape index (κ1) is 19.0. The Hall–Kier alpha value is -2.50. The van der Waals surface area contributed by atoms with Crippen LogP contribution in [0.4, 0.5) is 0 Å². The van der Waals surface area contributed by atoms with E-state index in [1.54, 1.807) is 0 Å². The highest BCUT2D eigenvalue weighted by Crippen LogP contribution is 2.42. The topological polar surface area (TPSA) is 0 Å². The van der Waals surface area contributed by atoms with Crippen LogP contribution in [-0.2, 0) is 0 Å². The zero-order valence-corrected chi connectivity index (χ0v) is 20.8. The molecular formula is C28H18S4. The molecule has 0 fully saturated rings. The first-order valence-corrected chi connectivity index (χ1v) is 13.9. The highest BCUT2D eigenvalue weighted by atomic mass is 32.1. The van der Waals surface area contributed by atoms with Crippen LogP contribution in [0.2, 0.25) is 0 Å². The van der Waals surface area contributed by atoms with E-state index < -0.39 is 0 Å². The Kier molecular flexibility index (Phi) is 4.16. The summed E-state index contributed by atoms with van der Waals surface area (Å²) < 4.78 is 2.73. The third kappa shape index (κ3) is 2.98. The number of hydrogen-bond donors (Lipinski definition) is 0. The summed E-state index contributed by atoms with van der Waals surface area (Å²) in [5, 5.41) is 12.5. The minimum atomic E-state index is 1.32. The predicted molar refractivity (Wildman–Crippen MR) is 148 cm³/mol. The maximum atomic E-state index is 2.40. The number of hydrogen-bond acceptors (Lipinski definition) is 4. The van der Waals surface area contributed by atoms with Crippen LogP contribution in [0, 0.1) is 13.8 Å². The molecule has 0 aliphatic rings. The van der Waals surface area contributed by atoms with Crippen molar-refractivity contribution >= 4 is 87.1 Å². The first-order valence-electron chi connectivity index (χ1n) is 10.6. The van der Waals surface area contributed by atoms with Crippen LogP contribution < -0.4 is 0 Å². The van der Waals surface area contributed by atoms with Gasteiger partial charge in [-0.05, 0) is 117 Å². The van der Waals surface area contributed by atoms with Gasteiger partial charge in [0.15, 0.2) is 0 Å². The van der Waals surface area contributed by atoms with Crippen molar-refractivity contribution < 1.29 is 0 Å². The molecule has 0 aliphatic heterocycles. The quantitative estimate of drug-likeness (QED) is 0.215. The van der Waals surface area contributed by atoms with Gasteiger partial charge in [-0.1, -0.05) is 12.1 Å². The minimum Gasteiger partial charge on any atom is -0.143 e. The second kappa shape index (κ2) is 7.00. The number of benzene rings is 3. The lowest BCUT2D eigenvalue weighted by atomic mass is 9.99. The molecular weight excluding hydrogens is 465 g/mol. The number of aryl methyl sites for hydroxylation is 2. The molecule has 0 spiro atoms. The Balaban J connectivity index is 1.44. The van der Waals surface area contributed by atoms with Crippen LogP contribution in [0.3, 0.4) is 0 Å². The maximum Gasteiger partial charge on any atom is 0.0455 e. The van der Waals surface area contributed by atoms with Crippen LogP contribution in [0.1, 0.15) is 11.1 Å². The van der Waals surface area contributed by atoms with E-state index in [1.807, 2.05) is 45.3 Å². The Morgan fingerprint density at radius 3 is 1.34 bits per heavy atom. The highest BCUT2D eigenvalue weighted by Gasteiger charge is 2.12. The summed E-state index contributed by atoms with van der Waals surface area (Å²) in [6.07, 6.45) is 0. The fourth-order valence-corrected chi connectivity index (χ4v) is 8.66. The van der Waals surface area contributed by atoms with E-state index in [0.29, 0.717) is 0 Å². The van der Waals surface area contributed by atoms with Crippen molar-refractivity contribution in [2.24, 2.45) is 0 Å². The molecule has 0 aliphatic carbocycles. The molecule has 7 aromatic rings. The zero-order chi connectivity index (χ0) is 21.4. The summed E-state index contributed by atoms with van der Waals surface area (Å²) in [6.45, 7) is 4.34. The summed E-state index contributed by atoms with van der Waals surface area (Å²) in [5.74, 6) is 0. The molecule has 0 nitrogen and oxygen atoms in total. The van der Waals surface area contributed by atoms with E-state index in [2.05, 4.69) is 85.3 Å². The normalized spacial score (nSPS) is 12.1. The second-order valence-corrected chi connectivity index (χ2v) is 12.5. The first-order chi connectivity index (χ1) is 15.6. The fourth-order valence-electron chi connectivity index (χ4n) is 4.49. The molecule has 0 amide bonds. The molecule has 32 heavy (non-hydrogen) atoms. The smallest absolute Gasteiger partial charge is 0.0455 e. The van der Waals surface area contributed by atoms with Crippen molar-refractivity contribution in [2.45, 2.75) is 13.8 Å². The summed E-state index contributed by atoms with van der Waals surface area (Å²) in [7, 11) is 0. The monoisotopic (exact) mass is 482 g/mol. The predicted octanol–water partition coefficient (Wildman–Crippen LogP) is 10.5. The van der Waals surface area contributed by atoms with Crippen LogP contribution >= 0.6 is 45.3 Å². The summed E-state index contributed by atoms with van der Waals surface area (Å²) >= 11 is 7.49. The van der Waals surface area contributed by atoms with Gasteiger partial charge in [0.1, 0.15) is 0 Å². The molecule has 0 saturated carbocycles. The molecule has 3 aromatic carbocycles. The molecule has 154 valence electrons. The molecule has 4 heteroatoms. The zero-order valence-electron chi connectivity index (χ0n) is 17.6. The van der Waals surface area contributed by atoms with Gasteiger partial charge >= 0.3 is 0 Å². The van der Waals surface area contributed by atoms with Gasteiger partial charge in [-0.15, -0.1) is 45.3 Å². The van der Waals surface area contributed by atoms with Crippen LogP contribution in [0.15, 0.2) is 71.4 Å². The van der Waals surface area contributed by atoms with Gasteiger partial charge < -0.3 is 0 Å². The van der Waals surface area contributed by atoms with Gasteiger partial charge in [0, 0.05) is 28.9 Å². The SMILES string of the molecule is Cc1csc(-c2cc3cc4c(ccc5cc6sc(-c7cc(C)cs7)cc6cc54)cc3s2)c1. The Bertz CT molecular complexity index is 1670. The highest BCUT2D eigenvalue weighted by molar-refractivity contribution is 7.26. The lowest BCUT2D eigenvalue weighted by Gasteiger charge is -2.05. The van der Waals surface area contributed by atoms with E-state index in [4.69, 9.17) is 0 Å². The van der Waals surface area contributed by atoms with Crippen molar-refractivity contribution in [3.05, 3.63) is 82.6 Å². The van der Waals surface area contributed by atoms with Crippen molar-refractivity contribution in [1.82, 2.24) is 0 Å². The molecule has 0 N–H and O–H groups in total. The van der Waals surface area contributed by atoms with Gasteiger partial charge in [0.05, 0.1) is 0 Å². The Morgan fingerprint density at radius 2 is 0.938 bits per heavy atom. The molecule has 7 rings (SSSR count). The van der Waals surface area contributed by atoms with Crippen LogP contribution in [-0.4, -0.2) is 0 Å². The molecule has 0 saturated heterocycles. The summed E-state index contributed by atoms with van der Waals surface area (Å²) in [6, 6.07) is 23.4. The summed E-state index contributed by atoms with van der Waals surface area (Å²) in [5.41, 5.74) is 2.69. The van der Waals surface area contributed by atoms with Gasteiger partial charge in [0.25, 0.3) is 0 Å². The Morgan fingerprint density at radius 1 is 0.469 bits per heavy atom. The Labute approximate surface area is 202 Å². The second-order valence-electron chi connectivity index (χ2n) is 8.49. The number of thiophene rings is 4. The maximum absolute atomic E-state index is 2.40. The molecule has 4 aromatic heterocycles. The number of fused-ring (bicyclic) bond motifs is 5. The van der Waals surface area contributed by atoms with E-state index in [0.717, 1.165) is 0 Å². The van der Waals surface area contributed by atoms with E-state index in [1.165, 1.54) is 72.4 Å². The van der Waals surface area contributed by atoms with Crippen LogP contribution in [0.25, 0.3) is 61.2 Å². The summed E-state index contributed by atoms with van der Waals surface area (Å²) in [4.78, 5) is 5.48. The van der Waals surface area contributed by atoms with Crippen molar-refractivity contribution in [3.8, 4) is 19.5 Å². The van der Waals surface area contributed by atoms with Crippen LogP contribution in [0.5, 0.6) is 0 Å². The van der Waals surface area contributed by atoms with Gasteiger partial charge in [0.2, 0.25) is 0 Å². The largest absolute Gasteiger partial charge is 0.143 e. The number of rotatable bonds is 2. The molecule has 0 bridgehead atoms. The standard InChI is InChI=1S/C28H18S4/c1-15-5-25(29-13-15)27-11-19-7-21-17(9-23(19)31-27)3-4-18-10-24-20(8-22(18)21)12-28(32-24)26-6-16(2)14-30-26/h3-14H,1-2H3. The van der Waals surface area contributed by atoms with E-state index in [-0.39, 0.29) is 0 Å².